The van der Waals surface area contributed by atoms with Crippen LogP contribution in [0.2, 0.25) is 0 Å². The van der Waals surface area contributed by atoms with E-state index >= 15 is 0 Å². The van der Waals surface area contributed by atoms with Gasteiger partial charge in [-0.3, -0.25) is 24.6 Å². The number of hydrogen-bond donors (Lipinski definition) is 1. The number of allylic oxidation sites excluding steroid dienone is 1. The molecule has 176 valence electrons. The van der Waals surface area contributed by atoms with Crippen LogP contribution in [0, 0.1) is 21.4 Å². The summed E-state index contributed by atoms with van der Waals surface area (Å²) in [4.78, 5) is 50.1. The first-order valence-corrected chi connectivity index (χ1v) is 12.7. The highest BCUT2D eigenvalue weighted by molar-refractivity contribution is 8.08. The van der Waals surface area contributed by atoms with Gasteiger partial charge in [-0.1, -0.05) is 18.3 Å². The number of thioether (sulfide) groups is 3. The van der Waals surface area contributed by atoms with E-state index in [0.29, 0.717) is 16.2 Å². The molecule has 0 aromatic heterocycles. The molecule has 1 aromatic rings. The van der Waals surface area contributed by atoms with Crippen LogP contribution in [-0.4, -0.2) is 50.5 Å². The summed E-state index contributed by atoms with van der Waals surface area (Å²) >= 11 is 3.76. The lowest BCUT2D eigenvalue weighted by Gasteiger charge is -2.49. The molecule has 2 amide bonds. The van der Waals surface area contributed by atoms with Crippen molar-refractivity contribution in [3.8, 4) is 6.07 Å². The van der Waals surface area contributed by atoms with E-state index in [-0.39, 0.29) is 29.7 Å². The molecule has 0 radical (unpaired) electrons. The Hall–Kier alpha value is -3.21. The molecule has 1 fully saturated rings. The van der Waals surface area contributed by atoms with Crippen molar-refractivity contribution in [3.63, 3.8) is 0 Å². The summed E-state index contributed by atoms with van der Waals surface area (Å²) in [5.41, 5.74) is 0.591. The third-order valence-corrected chi connectivity index (χ3v) is 7.65. The molecule has 0 aliphatic carbocycles. The number of nitro benzene ring substituents is 1. The van der Waals surface area contributed by atoms with Gasteiger partial charge in [0.1, 0.15) is 23.7 Å². The number of β-lactam (4-membered cyclic amide) rings is 1. The first-order chi connectivity index (χ1) is 16.4. The zero-order valence-corrected chi connectivity index (χ0v) is 20.0. The Morgan fingerprint density at radius 2 is 2.15 bits per heavy atom. The first-order valence-electron chi connectivity index (χ1n) is 9.68. The van der Waals surface area contributed by atoms with Gasteiger partial charge in [-0.15, -0.1) is 23.5 Å². The molecule has 2 atom stereocenters. The van der Waals surface area contributed by atoms with Crippen molar-refractivity contribution in [1.29, 1.82) is 5.26 Å². The maximum absolute atomic E-state index is 12.9. The third kappa shape index (κ3) is 5.82. The number of nitriles is 1. The van der Waals surface area contributed by atoms with Crippen molar-refractivity contribution < 1.29 is 24.0 Å². The summed E-state index contributed by atoms with van der Waals surface area (Å²) in [6.45, 7) is 3.54. The second-order valence-corrected chi connectivity index (χ2v) is 9.81. The number of nitrogens with one attached hydrogen (secondary N) is 1. The molecule has 2 aliphatic rings. The van der Waals surface area contributed by atoms with Gasteiger partial charge in [-0.2, -0.15) is 5.26 Å². The first kappa shape index (κ1) is 25.4. The molecule has 0 saturated carbocycles. The van der Waals surface area contributed by atoms with Gasteiger partial charge >= 0.3 is 5.97 Å². The summed E-state index contributed by atoms with van der Waals surface area (Å²) in [5.74, 6) is -1.00. The van der Waals surface area contributed by atoms with Crippen molar-refractivity contribution >= 4 is 58.8 Å². The van der Waals surface area contributed by atoms with Crippen LogP contribution in [0.25, 0.3) is 0 Å². The lowest BCUT2D eigenvalue weighted by Crippen LogP contribution is -2.70. The monoisotopic (exact) mass is 518 g/mol. The van der Waals surface area contributed by atoms with Gasteiger partial charge in [0.25, 0.3) is 11.6 Å². The fourth-order valence-corrected chi connectivity index (χ4v) is 5.77. The Balaban J connectivity index is 1.67. The molecule has 1 unspecified atom stereocenters. The maximum atomic E-state index is 12.9. The molecule has 1 aromatic carbocycles. The van der Waals surface area contributed by atoms with Gasteiger partial charge in [0.15, 0.2) is 0 Å². The van der Waals surface area contributed by atoms with Crippen molar-refractivity contribution in [3.05, 3.63) is 74.0 Å². The Kier molecular flexibility index (Phi) is 8.80. The number of ether oxygens (including phenoxy) is 1. The number of carbonyl (C=O) groups is 3. The zero-order chi connectivity index (χ0) is 24.7. The van der Waals surface area contributed by atoms with Crippen molar-refractivity contribution in [2.45, 2.75) is 18.0 Å². The second-order valence-electron chi connectivity index (χ2n) is 6.75. The largest absolute Gasteiger partial charge is 0.456 e. The van der Waals surface area contributed by atoms with E-state index in [1.165, 1.54) is 64.2 Å². The SMILES string of the molecule is C=CSC1=C(C(=O)OCc2ccc([N+](=O)[O-])cc2)N2C(=O)C(NC(=O)CS/C=C\C#N)[C@@H]2SC1. The van der Waals surface area contributed by atoms with E-state index in [1.54, 1.807) is 5.41 Å². The number of nitrogens with zero attached hydrogens (tertiary/aromatic N) is 3. The minimum absolute atomic E-state index is 0.0525. The molecular formula is C21H18N4O6S3. The molecule has 0 bridgehead atoms. The van der Waals surface area contributed by atoms with Crippen LogP contribution < -0.4 is 5.32 Å². The highest BCUT2D eigenvalue weighted by atomic mass is 32.2. The van der Waals surface area contributed by atoms with E-state index in [4.69, 9.17) is 10.00 Å². The number of amides is 2. The Bertz CT molecular complexity index is 1110. The summed E-state index contributed by atoms with van der Waals surface area (Å²) in [6.07, 6.45) is 1.25. The molecule has 1 N–H and O–H groups in total. The third-order valence-electron chi connectivity index (χ3n) is 4.64. The van der Waals surface area contributed by atoms with E-state index in [9.17, 15) is 24.5 Å². The number of esters is 1. The molecule has 3 rings (SSSR count). The Labute approximate surface area is 207 Å². The van der Waals surface area contributed by atoms with Crippen molar-refractivity contribution in [2.24, 2.45) is 0 Å². The predicted molar refractivity (Wildman–Crippen MR) is 130 cm³/mol. The number of fused-ring (bicyclic) bond motifs is 1. The standard InChI is InChI=1S/C21H18N4O6S3/c1-2-33-15-11-34-20-17(23-16(26)12-32-9-3-8-22)19(27)24(20)18(15)21(28)31-10-13-4-6-14(7-5-13)25(29)30/h2-7,9,17,20H,1,10-12H2,(H,23,26)/b9-3-/t17?,20-/m0/s1. The fraction of sp³-hybridized carbons (Fsp3) is 0.238. The summed E-state index contributed by atoms with van der Waals surface area (Å²) in [5, 5.41) is 24.5. The Morgan fingerprint density at radius 1 is 1.41 bits per heavy atom. The van der Waals surface area contributed by atoms with Gasteiger partial charge in [0.2, 0.25) is 5.91 Å². The molecule has 1 saturated heterocycles. The van der Waals surface area contributed by atoms with Crippen LogP contribution in [0.1, 0.15) is 5.56 Å². The average Bonchev–Trinajstić information content (AvgIpc) is 2.83. The lowest BCUT2D eigenvalue weighted by atomic mass is 10.1. The highest BCUT2D eigenvalue weighted by Crippen LogP contribution is 2.44. The molecule has 34 heavy (non-hydrogen) atoms. The van der Waals surface area contributed by atoms with Gasteiger partial charge in [-0.05, 0) is 28.5 Å². The quantitative estimate of drug-likeness (QED) is 0.161. The van der Waals surface area contributed by atoms with E-state index < -0.39 is 28.2 Å². The van der Waals surface area contributed by atoms with Crippen LogP contribution in [0.4, 0.5) is 5.69 Å². The number of hydrogen-bond acceptors (Lipinski definition) is 10. The minimum Gasteiger partial charge on any atom is -0.456 e. The summed E-state index contributed by atoms with van der Waals surface area (Å²) < 4.78 is 5.40. The molecule has 2 heterocycles. The van der Waals surface area contributed by atoms with E-state index in [2.05, 4.69) is 11.9 Å². The lowest BCUT2D eigenvalue weighted by molar-refractivity contribution is -0.384. The van der Waals surface area contributed by atoms with Gasteiger partial charge < -0.3 is 10.1 Å². The van der Waals surface area contributed by atoms with Gasteiger partial charge in [0.05, 0.1) is 16.7 Å². The number of benzene rings is 1. The molecule has 13 heteroatoms. The van der Waals surface area contributed by atoms with Crippen LogP contribution in [0.3, 0.4) is 0 Å². The molecule has 10 nitrogen and oxygen atoms in total. The second kappa shape index (κ2) is 11.8. The average molecular weight is 519 g/mol. The maximum Gasteiger partial charge on any atom is 0.356 e. The topological polar surface area (TPSA) is 143 Å². The number of carbonyl (C=O) groups excluding carboxylic acids is 3. The van der Waals surface area contributed by atoms with Crippen LogP contribution in [-0.2, 0) is 25.7 Å². The fourth-order valence-electron chi connectivity index (χ4n) is 3.12. The van der Waals surface area contributed by atoms with Gasteiger partial charge in [0, 0.05) is 28.9 Å². The van der Waals surface area contributed by atoms with Crippen LogP contribution >= 0.6 is 35.3 Å². The minimum atomic E-state index is -0.772. The summed E-state index contributed by atoms with van der Waals surface area (Å²) in [7, 11) is 0. The molecule has 2 aliphatic heterocycles. The van der Waals surface area contributed by atoms with Crippen LogP contribution in [0.5, 0.6) is 0 Å². The Morgan fingerprint density at radius 3 is 2.79 bits per heavy atom. The normalized spacial score (nSPS) is 19.1. The zero-order valence-electron chi connectivity index (χ0n) is 17.5. The predicted octanol–water partition coefficient (Wildman–Crippen LogP) is 2.90. The van der Waals surface area contributed by atoms with Crippen molar-refractivity contribution in [2.75, 3.05) is 11.5 Å². The molecule has 0 spiro atoms. The van der Waals surface area contributed by atoms with Crippen molar-refractivity contribution in [1.82, 2.24) is 10.2 Å². The number of non-ortho nitro benzene ring substituents is 1. The number of rotatable bonds is 10. The van der Waals surface area contributed by atoms with Gasteiger partial charge in [-0.25, -0.2) is 4.79 Å². The van der Waals surface area contributed by atoms with E-state index in [1.807, 2.05) is 6.07 Å². The smallest absolute Gasteiger partial charge is 0.356 e. The van der Waals surface area contributed by atoms with Crippen LogP contribution in [0.15, 0.2) is 58.3 Å². The molecular weight excluding hydrogens is 500 g/mol. The number of nitro groups is 1. The summed E-state index contributed by atoms with van der Waals surface area (Å²) in [6, 6.07) is 6.66. The van der Waals surface area contributed by atoms with E-state index in [0.717, 1.165) is 11.8 Å². The highest BCUT2D eigenvalue weighted by Gasteiger charge is 2.54.